The van der Waals surface area contributed by atoms with Gasteiger partial charge in [-0.15, -0.1) is 0 Å². The minimum Gasteiger partial charge on any atom is -0.324 e. The van der Waals surface area contributed by atoms with Crippen LogP contribution in [-0.4, -0.2) is 5.54 Å². The molecular formula is C12H15BrClN. The monoisotopic (exact) mass is 287 g/mol. The van der Waals surface area contributed by atoms with Crippen LogP contribution >= 0.6 is 27.5 Å². The maximum absolute atomic E-state index is 6.29. The van der Waals surface area contributed by atoms with Crippen molar-refractivity contribution in [1.29, 1.82) is 0 Å². The van der Waals surface area contributed by atoms with Crippen LogP contribution in [-0.2, 0) is 5.41 Å². The first-order valence-electron chi connectivity index (χ1n) is 5.11. The zero-order valence-corrected chi connectivity index (χ0v) is 11.3. The Kier molecular flexibility index (Phi) is 2.65. The van der Waals surface area contributed by atoms with Gasteiger partial charge in [0.05, 0.1) is 0 Å². The SMILES string of the molecule is CC(C)(c1ccc(Br)cc1Cl)C1(N)CC1. The van der Waals surface area contributed by atoms with Gasteiger partial charge in [-0.2, -0.15) is 0 Å². The maximum atomic E-state index is 6.29. The highest BCUT2D eigenvalue weighted by Crippen LogP contribution is 2.50. The summed E-state index contributed by atoms with van der Waals surface area (Å²) in [6, 6.07) is 6.03. The van der Waals surface area contributed by atoms with Crippen molar-refractivity contribution in [1.82, 2.24) is 0 Å². The second-order valence-corrected chi connectivity index (χ2v) is 6.23. The largest absolute Gasteiger partial charge is 0.324 e. The lowest BCUT2D eigenvalue weighted by Crippen LogP contribution is -2.43. The van der Waals surface area contributed by atoms with Crippen LogP contribution in [0, 0.1) is 0 Å². The van der Waals surface area contributed by atoms with Gasteiger partial charge < -0.3 is 5.73 Å². The summed E-state index contributed by atoms with van der Waals surface area (Å²) in [6.07, 6.45) is 2.18. The Morgan fingerprint density at radius 3 is 2.47 bits per heavy atom. The Labute approximate surface area is 104 Å². The van der Waals surface area contributed by atoms with Crippen molar-refractivity contribution in [3.63, 3.8) is 0 Å². The quantitative estimate of drug-likeness (QED) is 0.878. The molecule has 0 heterocycles. The highest BCUT2D eigenvalue weighted by atomic mass is 79.9. The zero-order chi connectivity index (χ0) is 11.3. The van der Waals surface area contributed by atoms with E-state index in [0.717, 1.165) is 27.9 Å². The van der Waals surface area contributed by atoms with Gasteiger partial charge in [0.1, 0.15) is 0 Å². The van der Waals surface area contributed by atoms with Crippen molar-refractivity contribution < 1.29 is 0 Å². The Balaban J connectivity index is 2.45. The molecule has 0 spiro atoms. The third kappa shape index (κ3) is 1.83. The molecule has 0 aliphatic heterocycles. The van der Waals surface area contributed by atoms with Crippen LogP contribution in [0.5, 0.6) is 0 Å². The molecule has 1 aromatic carbocycles. The minimum atomic E-state index is -0.0650. The van der Waals surface area contributed by atoms with E-state index in [0.29, 0.717) is 0 Å². The van der Waals surface area contributed by atoms with Gasteiger partial charge in [-0.1, -0.05) is 47.4 Å². The maximum Gasteiger partial charge on any atom is 0.0455 e. The van der Waals surface area contributed by atoms with Crippen molar-refractivity contribution in [2.75, 3.05) is 0 Å². The van der Waals surface area contributed by atoms with E-state index >= 15 is 0 Å². The minimum absolute atomic E-state index is 0.0508. The summed E-state index contributed by atoms with van der Waals surface area (Å²) < 4.78 is 1.01. The predicted molar refractivity (Wildman–Crippen MR) is 68.3 cm³/mol. The van der Waals surface area contributed by atoms with E-state index in [1.165, 1.54) is 0 Å². The van der Waals surface area contributed by atoms with Gasteiger partial charge in [-0.3, -0.25) is 0 Å². The van der Waals surface area contributed by atoms with Gasteiger partial charge in [0.15, 0.2) is 0 Å². The van der Waals surface area contributed by atoms with Crippen molar-refractivity contribution in [2.45, 2.75) is 37.6 Å². The highest BCUT2D eigenvalue weighted by Gasteiger charge is 2.52. The average Bonchev–Trinajstić information content (AvgIpc) is 2.84. The molecule has 0 radical (unpaired) electrons. The molecule has 0 saturated heterocycles. The first kappa shape index (κ1) is 11.4. The third-order valence-electron chi connectivity index (χ3n) is 3.64. The molecule has 1 aliphatic rings. The van der Waals surface area contributed by atoms with Gasteiger partial charge in [0.25, 0.3) is 0 Å². The second kappa shape index (κ2) is 3.47. The molecule has 1 nitrogen and oxygen atoms in total. The van der Waals surface area contributed by atoms with Crippen molar-refractivity contribution in [3.05, 3.63) is 33.3 Å². The molecule has 1 aromatic rings. The van der Waals surface area contributed by atoms with E-state index < -0.39 is 0 Å². The van der Waals surface area contributed by atoms with Crippen LogP contribution in [0.25, 0.3) is 0 Å². The fraction of sp³-hybridized carbons (Fsp3) is 0.500. The predicted octanol–water partition coefficient (Wildman–Crippen LogP) is 3.87. The lowest BCUT2D eigenvalue weighted by molar-refractivity contribution is 0.391. The van der Waals surface area contributed by atoms with E-state index in [9.17, 15) is 0 Å². The standard InChI is InChI=1S/C12H15BrClN/c1-11(2,12(15)5-6-12)9-4-3-8(13)7-10(9)14/h3-4,7H,5-6,15H2,1-2H3. The van der Waals surface area contributed by atoms with Gasteiger partial charge in [0.2, 0.25) is 0 Å². The zero-order valence-electron chi connectivity index (χ0n) is 8.98. The molecule has 0 atom stereocenters. The molecule has 3 heteroatoms. The molecule has 0 amide bonds. The summed E-state index contributed by atoms with van der Waals surface area (Å²) in [5, 5.41) is 0.797. The summed E-state index contributed by atoms with van der Waals surface area (Å²) in [4.78, 5) is 0. The number of halogens is 2. The molecule has 1 aliphatic carbocycles. The van der Waals surface area contributed by atoms with Crippen LogP contribution in [0.4, 0.5) is 0 Å². The number of hydrogen-bond acceptors (Lipinski definition) is 1. The topological polar surface area (TPSA) is 26.0 Å². The van der Waals surface area contributed by atoms with Crippen LogP contribution < -0.4 is 5.73 Å². The Bertz CT molecular complexity index is 397. The Morgan fingerprint density at radius 1 is 1.40 bits per heavy atom. The Morgan fingerprint density at radius 2 is 2.00 bits per heavy atom. The van der Waals surface area contributed by atoms with Crippen LogP contribution in [0.3, 0.4) is 0 Å². The van der Waals surface area contributed by atoms with Crippen molar-refractivity contribution in [2.24, 2.45) is 5.73 Å². The molecule has 2 N–H and O–H groups in total. The van der Waals surface area contributed by atoms with Gasteiger partial charge in [-0.05, 0) is 30.5 Å². The number of hydrogen-bond donors (Lipinski definition) is 1. The van der Waals surface area contributed by atoms with E-state index in [2.05, 4.69) is 35.8 Å². The summed E-state index contributed by atoms with van der Waals surface area (Å²) in [5.41, 5.74) is 7.32. The number of rotatable bonds is 2. The average molecular weight is 289 g/mol. The molecule has 0 aromatic heterocycles. The van der Waals surface area contributed by atoms with E-state index in [4.69, 9.17) is 17.3 Å². The first-order valence-corrected chi connectivity index (χ1v) is 6.28. The first-order chi connectivity index (χ1) is 6.87. The van der Waals surface area contributed by atoms with E-state index in [-0.39, 0.29) is 11.0 Å². The van der Waals surface area contributed by atoms with E-state index in [1.807, 2.05) is 12.1 Å². The lowest BCUT2D eigenvalue weighted by atomic mass is 9.76. The van der Waals surface area contributed by atoms with Gasteiger partial charge in [-0.25, -0.2) is 0 Å². The molecule has 0 bridgehead atoms. The normalized spacial score (nSPS) is 19.0. The summed E-state index contributed by atoms with van der Waals surface area (Å²) in [5.74, 6) is 0. The third-order valence-corrected chi connectivity index (χ3v) is 4.44. The highest BCUT2D eigenvalue weighted by molar-refractivity contribution is 9.10. The molecule has 0 unspecified atom stereocenters. The molecule has 15 heavy (non-hydrogen) atoms. The van der Waals surface area contributed by atoms with E-state index in [1.54, 1.807) is 0 Å². The number of benzene rings is 1. The van der Waals surface area contributed by atoms with Gasteiger partial charge in [0, 0.05) is 20.4 Å². The van der Waals surface area contributed by atoms with Crippen molar-refractivity contribution in [3.8, 4) is 0 Å². The molecular weight excluding hydrogens is 273 g/mol. The van der Waals surface area contributed by atoms with Gasteiger partial charge >= 0.3 is 0 Å². The summed E-state index contributed by atoms with van der Waals surface area (Å²) >= 11 is 9.68. The smallest absolute Gasteiger partial charge is 0.0455 e. The fourth-order valence-electron chi connectivity index (χ4n) is 2.02. The van der Waals surface area contributed by atoms with Crippen LogP contribution in [0.1, 0.15) is 32.3 Å². The molecule has 1 saturated carbocycles. The summed E-state index contributed by atoms with van der Waals surface area (Å²) in [7, 11) is 0. The Hall–Kier alpha value is -0.0500. The fourth-order valence-corrected chi connectivity index (χ4v) is 2.93. The second-order valence-electron chi connectivity index (χ2n) is 4.91. The van der Waals surface area contributed by atoms with Crippen LogP contribution in [0.2, 0.25) is 5.02 Å². The molecule has 82 valence electrons. The molecule has 1 fully saturated rings. The summed E-state index contributed by atoms with van der Waals surface area (Å²) in [6.45, 7) is 4.35. The van der Waals surface area contributed by atoms with Crippen molar-refractivity contribution >= 4 is 27.5 Å². The number of nitrogens with two attached hydrogens (primary N) is 1. The van der Waals surface area contributed by atoms with Crippen LogP contribution in [0.15, 0.2) is 22.7 Å². The molecule has 2 rings (SSSR count). The lowest BCUT2D eigenvalue weighted by Gasteiger charge is -2.33.